The summed E-state index contributed by atoms with van der Waals surface area (Å²) in [5.74, 6) is 0. The van der Waals surface area contributed by atoms with E-state index in [2.05, 4.69) is 16.2 Å². The molecule has 0 aliphatic rings. The highest BCUT2D eigenvalue weighted by molar-refractivity contribution is 5.65. The molecule has 4 nitrogen and oxygen atoms in total. The van der Waals surface area contributed by atoms with Gasteiger partial charge in [-0.2, -0.15) is 5.48 Å². The molecule has 0 fully saturated rings. The number of hydroxylamine groups is 1. The first-order valence-electron chi connectivity index (χ1n) is 2.38. The third-order valence-corrected chi connectivity index (χ3v) is 0.518. The molecule has 0 aliphatic heterocycles. The van der Waals surface area contributed by atoms with Crippen molar-refractivity contribution in [2.75, 3.05) is 13.7 Å². The van der Waals surface area contributed by atoms with Crippen LogP contribution in [0.4, 0.5) is 4.79 Å². The second-order valence-corrected chi connectivity index (χ2v) is 1.19. The highest BCUT2D eigenvalue weighted by Crippen LogP contribution is 1.75. The molecule has 0 heterocycles. The molecule has 4 heteroatoms. The number of hydrogen-bond acceptors (Lipinski definition) is 3. The lowest BCUT2D eigenvalue weighted by Gasteiger charge is -1.99. The van der Waals surface area contributed by atoms with Crippen LogP contribution in [-0.4, -0.2) is 19.8 Å². The smallest absolute Gasteiger partial charge is 0.431 e. The van der Waals surface area contributed by atoms with Crippen LogP contribution in [0.2, 0.25) is 0 Å². The van der Waals surface area contributed by atoms with E-state index in [-0.39, 0.29) is 6.61 Å². The van der Waals surface area contributed by atoms with Crippen LogP contribution >= 0.6 is 0 Å². The molecule has 9 heavy (non-hydrogen) atoms. The molecule has 0 radical (unpaired) electrons. The second kappa shape index (κ2) is 5.11. The topological polar surface area (TPSA) is 47.6 Å². The summed E-state index contributed by atoms with van der Waals surface area (Å²) in [5, 5.41) is 0. The Kier molecular flexibility index (Phi) is 4.53. The van der Waals surface area contributed by atoms with Crippen molar-refractivity contribution in [3.05, 3.63) is 12.7 Å². The molecular weight excluding hydrogens is 122 g/mol. The van der Waals surface area contributed by atoms with Gasteiger partial charge in [0, 0.05) is 0 Å². The molecule has 0 aromatic carbocycles. The summed E-state index contributed by atoms with van der Waals surface area (Å²) in [7, 11) is 1.33. The number of amides is 1. The molecule has 0 spiro atoms. The van der Waals surface area contributed by atoms with Crippen molar-refractivity contribution in [3.63, 3.8) is 0 Å². The standard InChI is InChI=1S/C5H9NO3/c1-3-4-9-5(7)6-8-2/h3H,1,4H2,2H3,(H,6,7). The molecule has 0 bridgehead atoms. The van der Waals surface area contributed by atoms with Crippen molar-refractivity contribution in [2.24, 2.45) is 0 Å². The molecule has 0 aromatic rings. The first-order valence-corrected chi connectivity index (χ1v) is 2.38. The molecule has 0 unspecified atom stereocenters. The van der Waals surface area contributed by atoms with Crippen LogP contribution in [0.25, 0.3) is 0 Å². The second-order valence-electron chi connectivity index (χ2n) is 1.19. The van der Waals surface area contributed by atoms with Crippen LogP contribution in [0.15, 0.2) is 12.7 Å². The van der Waals surface area contributed by atoms with Gasteiger partial charge in [0.2, 0.25) is 0 Å². The maximum Gasteiger partial charge on any atom is 0.431 e. The lowest BCUT2D eigenvalue weighted by molar-refractivity contribution is 0.0639. The van der Waals surface area contributed by atoms with Crippen molar-refractivity contribution >= 4 is 6.09 Å². The van der Waals surface area contributed by atoms with Crippen molar-refractivity contribution in [2.45, 2.75) is 0 Å². The highest BCUT2D eigenvalue weighted by Gasteiger charge is 1.94. The van der Waals surface area contributed by atoms with Crippen LogP contribution in [-0.2, 0) is 9.57 Å². The Balaban J connectivity index is 3.16. The Morgan fingerprint density at radius 2 is 2.56 bits per heavy atom. The number of nitrogens with one attached hydrogen (secondary N) is 1. The zero-order valence-corrected chi connectivity index (χ0v) is 5.22. The van der Waals surface area contributed by atoms with Gasteiger partial charge in [0.15, 0.2) is 0 Å². The lowest BCUT2D eigenvalue weighted by atomic mass is 10.7. The maximum absolute atomic E-state index is 10.3. The molecule has 0 aromatic heterocycles. The average molecular weight is 131 g/mol. The predicted octanol–water partition coefficient (Wildman–Crippen LogP) is 0.460. The summed E-state index contributed by atoms with van der Waals surface area (Å²) < 4.78 is 4.44. The highest BCUT2D eigenvalue weighted by atomic mass is 16.7. The summed E-state index contributed by atoms with van der Waals surface area (Å²) in [4.78, 5) is 14.5. The molecular formula is C5H9NO3. The number of ether oxygens (including phenoxy) is 1. The SMILES string of the molecule is C=CCOC(=O)NOC. The molecule has 1 N–H and O–H groups in total. The Hall–Kier alpha value is -1.03. The Morgan fingerprint density at radius 3 is 3.00 bits per heavy atom. The zero-order chi connectivity index (χ0) is 7.11. The Labute approximate surface area is 53.4 Å². The van der Waals surface area contributed by atoms with E-state index in [0.717, 1.165) is 0 Å². The van der Waals surface area contributed by atoms with E-state index in [1.807, 2.05) is 5.48 Å². The van der Waals surface area contributed by atoms with Gasteiger partial charge in [-0.1, -0.05) is 12.7 Å². The quantitative estimate of drug-likeness (QED) is 0.447. The van der Waals surface area contributed by atoms with E-state index < -0.39 is 6.09 Å². The molecule has 0 rings (SSSR count). The molecule has 1 amide bonds. The van der Waals surface area contributed by atoms with Crippen molar-refractivity contribution < 1.29 is 14.4 Å². The monoisotopic (exact) mass is 131 g/mol. The molecule has 0 saturated heterocycles. The largest absolute Gasteiger partial charge is 0.444 e. The van der Waals surface area contributed by atoms with Gasteiger partial charge in [-0.15, -0.1) is 0 Å². The Bertz CT molecular complexity index is 102. The van der Waals surface area contributed by atoms with Gasteiger partial charge in [-0.3, -0.25) is 4.84 Å². The first-order chi connectivity index (χ1) is 4.31. The number of rotatable bonds is 3. The summed E-state index contributed by atoms with van der Waals surface area (Å²) in [6.07, 6.45) is 0.854. The molecule has 52 valence electrons. The minimum absolute atomic E-state index is 0.190. The lowest BCUT2D eigenvalue weighted by Crippen LogP contribution is -2.22. The van der Waals surface area contributed by atoms with Crippen LogP contribution in [0.3, 0.4) is 0 Å². The summed E-state index contributed by atoms with van der Waals surface area (Å²) >= 11 is 0. The Morgan fingerprint density at radius 1 is 1.89 bits per heavy atom. The average Bonchev–Trinajstić information content (AvgIpc) is 1.85. The van der Waals surface area contributed by atoms with Gasteiger partial charge in [0.05, 0.1) is 7.11 Å². The van der Waals surface area contributed by atoms with Gasteiger partial charge in [0.1, 0.15) is 6.61 Å². The summed E-state index contributed by atoms with van der Waals surface area (Å²) in [6, 6.07) is 0. The normalized spacial score (nSPS) is 8.11. The van der Waals surface area contributed by atoms with E-state index in [1.54, 1.807) is 0 Å². The van der Waals surface area contributed by atoms with Crippen molar-refractivity contribution in [3.8, 4) is 0 Å². The van der Waals surface area contributed by atoms with E-state index >= 15 is 0 Å². The third-order valence-electron chi connectivity index (χ3n) is 0.518. The number of carbonyl (C=O) groups excluding carboxylic acids is 1. The van der Waals surface area contributed by atoms with Gasteiger partial charge < -0.3 is 4.74 Å². The fourth-order valence-electron chi connectivity index (χ4n) is 0.247. The van der Waals surface area contributed by atoms with Crippen LogP contribution in [0, 0.1) is 0 Å². The minimum Gasteiger partial charge on any atom is -0.444 e. The minimum atomic E-state index is -0.614. The molecule has 0 aliphatic carbocycles. The fourth-order valence-corrected chi connectivity index (χ4v) is 0.247. The molecule has 0 saturated carbocycles. The first kappa shape index (κ1) is 7.97. The van der Waals surface area contributed by atoms with Crippen molar-refractivity contribution in [1.29, 1.82) is 0 Å². The predicted molar refractivity (Wildman–Crippen MR) is 31.7 cm³/mol. The number of hydrogen-bond donors (Lipinski definition) is 1. The number of carbonyl (C=O) groups is 1. The van der Waals surface area contributed by atoms with E-state index in [9.17, 15) is 4.79 Å². The van der Waals surface area contributed by atoms with E-state index in [0.29, 0.717) is 0 Å². The van der Waals surface area contributed by atoms with Gasteiger partial charge in [-0.05, 0) is 0 Å². The third kappa shape index (κ3) is 4.83. The summed E-state index contributed by atoms with van der Waals surface area (Å²) in [5.41, 5.74) is 1.97. The van der Waals surface area contributed by atoms with Crippen molar-refractivity contribution in [1.82, 2.24) is 5.48 Å². The van der Waals surface area contributed by atoms with Crippen LogP contribution in [0.1, 0.15) is 0 Å². The zero-order valence-electron chi connectivity index (χ0n) is 5.22. The van der Waals surface area contributed by atoms with Gasteiger partial charge >= 0.3 is 6.09 Å². The summed E-state index contributed by atoms with van der Waals surface area (Å²) in [6.45, 7) is 3.54. The fraction of sp³-hybridized carbons (Fsp3) is 0.400. The van der Waals surface area contributed by atoms with Crippen LogP contribution < -0.4 is 5.48 Å². The van der Waals surface area contributed by atoms with Gasteiger partial charge in [-0.25, -0.2) is 4.79 Å². The molecule has 0 atom stereocenters. The van der Waals surface area contributed by atoms with E-state index in [4.69, 9.17) is 0 Å². The van der Waals surface area contributed by atoms with Crippen LogP contribution in [0.5, 0.6) is 0 Å². The maximum atomic E-state index is 10.3. The van der Waals surface area contributed by atoms with Gasteiger partial charge in [0.25, 0.3) is 0 Å². The van der Waals surface area contributed by atoms with E-state index in [1.165, 1.54) is 13.2 Å².